The van der Waals surface area contributed by atoms with Crippen LogP contribution >= 0.6 is 0 Å². The van der Waals surface area contributed by atoms with Crippen molar-refractivity contribution in [3.63, 3.8) is 0 Å². The van der Waals surface area contributed by atoms with Crippen LogP contribution in [0.25, 0.3) is 10.9 Å². The molecule has 1 saturated carbocycles. The van der Waals surface area contributed by atoms with Gasteiger partial charge in [0, 0.05) is 48.1 Å². The number of ether oxygens (including phenoxy) is 1. The van der Waals surface area contributed by atoms with Gasteiger partial charge in [0.05, 0.1) is 18.3 Å². The molecule has 3 heterocycles. The Hall–Kier alpha value is -3.19. The number of anilines is 3. The first-order valence-electron chi connectivity index (χ1n) is 14.2. The molecule has 2 atom stereocenters. The molecule has 0 bridgehead atoms. The van der Waals surface area contributed by atoms with Gasteiger partial charge in [-0.25, -0.2) is 9.97 Å². The molecule has 38 heavy (non-hydrogen) atoms. The van der Waals surface area contributed by atoms with Gasteiger partial charge in [-0.15, -0.1) is 0 Å². The number of hydrogen-bond acceptors (Lipinski definition) is 6. The maximum Gasteiger partial charge on any atom is 0.230 e. The van der Waals surface area contributed by atoms with Crippen molar-refractivity contribution in [1.82, 2.24) is 14.9 Å². The molecule has 6 rings (SSSR count). The quantitative estimate of drug-likeness (QED) is 0.437. The second-order valence-corrected chi connectivity index (χ2v) is 11.5. The van der Waals surface area contributed by atoms with Gasteiger partial charge >= 0.3 is 0 Å². The topological polar surface area (TPSA) is 70.6 Å². The minimum absolute atomic E-state index is 0.142. The van der Waals surface area contributed by atoms with Crippen LogP contribution in [0.15, 0.2) is 30.6 Å². The molecule has 200 valence electrons. The first-order chi connectivity index (χ1) is 18.4. The van der Waals surface area contributed by atoms with Crippen LogP contribution < -0.4 is 15.0 Å². The predicted molar refractivity (Wildman–Crippen MR) is 152 cm³/mol. The average Bonchev–Trinajstić information content (AvgIpc) is 3.72. The van der Waals surface area contributed by atoms with E-state index in [1.807, 2.05) is 11.0 Å². The number of aryl methyl sites for hydroxylation is 1. The van der Waals surface area contributed by atoms with Crippen molar-refractivity contribution < 1.29 is 9.53 Å². The number of fused-ring (bicyclic) bond motifs is 3. The van der Waals surface area contributed by atoms with Crippen LogP contribution in [0.5, 0.6) is 5.75 Å². The number of carbonyl (C=O) groups is 1. The van der Waals surface area contributed by atoms with Gasteiger partial charge in [-0.05, 0) is 67.5 Å². The Labute approximate surface area is 225 Å². The number of carbonyl (C=O) groups excluding carboxylic acids is 1. The average molecular weight is 514 g/mol. The standard InChI is InChI=1S/C31H39N5O2/c1-6-9-21-19(7-2)10-11-25(20(21)8-3)34-29-23-13-27(28(38-5)14-26(23)32-18-33-29)36-17-31(15-35(4)16-31)24-12-22(24)30(36)37/h10-11,13-14,18,22,24H,6-9,12,15-17H2,1-5H3,(H,32,33,34). The molecule has 7 heteroatoms. The lowest BCUT2D eigenvalue weighted by molar-refractivity contribution is -0.125. The Morgan fingerprint density at radius 3 is 2.58 bits per heavy atom. The van der Waals surface area contributed by atoms with Gasteiger partial charge in [0.25, 0.3) is 0 Å². The van der Waals surface area contributed by atoms with Crippen LogP contribution in [0.3, 0.4) is 0 Å². The van der Waals surface area contributed by atoms with Gasteiger partial charge in [-0.3, -0.25) is 4.79 Å². The predicted octanol–water partition coefficient (Wildman–Crippen LogP) is 5.37. The Morgan fingerprint density at radius 1 is 1.08 bits per heavy atom. The monoisotopic (exact) mass is 513 g/mol. The van der Waals surface area contributed by atoms with Gasteiger partial charge in [-0.2, -0.15) is 0 Å². The largest absolute Gasteiger partial charge is 0.494 e. The first kappa shape index (κ1) is 25.1. The van der Waals surface area contributed by atoms with E-state index in [1.54, 1.807) is 13.4 Å². The molecular formula is C31H39N5O2. The highest BCUT2D eigenvalue weighted by Gasteiger charge is 2.64. The molecule has 2 saturated heterocycles. The van der Waals surface area contributed by atoms with E-state index in [4.69, 9.17) is 4.74 Å². The minimum atomic E-state index is 0.142. The van der Waals surface area contributed by atoms with Crippen molar-refractivity contribution in [2.24, 2.45) is 17.3 Å². The summed E-state index contributed by atoms with van der Waals surface area (Å²) in [5.41, 5.74) is 7.15. The van der Waals surface area contributed by atoms with Gasteiger partial charge in [0.2, 0.25) is 5.91 Å². The number of aromatic nitrogens is 2. The van der Waals surface area contributed by atoms with E-state index >= 15 is 0 Å². The normalized spacial score (nSPS) is 21.9. The molecule has 3 fully saturated rings. The molecule has 1 N–H and O–H groups in total. The van der Waals surface area contributed by atoms with Crippen molar-refractivity contribution in [1.29, 1.82) is 0 Å². The van der Waals surface area contributed by atoms with Gasteiger partial charge in [-0.1, -0.05) is 33.3 Å². The molecule has 3 aromatic rings. The van der Waals surface area contributed by atoms with Crippen molar-refractivity contribution in [2.45, 2.75) is 52.9 Å². The number of likely N-dealkylation sites (tertiary alicyclic amines) is 1. The molecule has 1 spiro atoms. The van der Waals surface area contributed by atoms with E-state index in [-0.39, 0.29) is 17.2 Å². The molecule has 1 aliphatic carbocycles. The Bertz CT molecular complexity index is 1400. The maximum atomic E-state index is 13.5. The fourth-order valence-corrected chi connectivity index (χ4v) is 7.25. The van der Waals surface area contributed by atoms with Crippen LogP contribution in [-0.4, -0.2) is 54.6 Å². The van der Waals surface area contributed by atoms with E-state index in [9.17, 15) is 4.79 Å². The first-order valence-corrected chi connectivity index (χ1v) is 14.2. The second kappa shape index (κ2) is 9.53. The number of piperidine rings is 1. The summed E-state index contributed by atoms with van der Waals surface area (Å²) in [6.45, 7) is 9.54. The summed E-state index contributed by atoms with van der Waals surface area (Å²) < 4.78 is 5.82. The highest BCUT2D eigenvalue weighted by Crippen LogP contribution is 2.60. The molecule has 2 unspecified atom stereocenters. The molecule has 0 radical (unpaired) electrons. The van der Waals surface area contributed by atoms with Crippen LogP contribution in [0, 0.1) is 17.3 Å². The molecule has 3 aliphatic rings. The third-order valence-corrected chi connectivity index (χ3v) is 9.05. The zero-order chi connectivity index (χ0) is 26.6. The zero-order valence-electron chi connectivity index (χ0n) is 23.3. The number of amides is 1. The van der Waals surface area contributed by atoms with Gasteiger partial charge in [0.1, 0.15) is 17.9 Å². The van der Waals surface area contributed by atoms with Crippen molar-refractivity contribution in [2.75, 3.05) is 44.0 Å². The van der Waals surface area contributed by atoms with Crippen LogP contribution in [0.4, 0.5) is 17.2 Å². The summed E-state index contributed by atoms with van der Waals surface area (Å²) in [5.74, 6) is 2.34. The van der Waals surface area contributed by atoms with E-state index in [0.29, 0.717) is 11.7 Å². The third kappa shape index (κ3) is 3.94. The Kier molecular flexibility index (Phi) is 6.29. The van der Waals surface area contributed by atoms with Gasteiger partial charge in [0.15, 0.2) is 0 Å². The Balaban J connectivity index is 1.42. The van der Waals surface area contributed by atoms with Crippen LogP contribution in [0.1, 0.15) is 50.3 Å². The lowest BCUT2D eigenvalue weighted by atomic mass is 9.72. The van der Waals surface area contributed by atoms with E-state index < -0.39 is 0 Å². The fourth-order valence-electron chi connectivity index (χ4n) is 7.25. The summed E-state index contributed by atoms with van der Waals surface area (Å²) in [7, 11) is 3.84. The van der Waals surface area contributed by atoms with Gasteiger partial charge < -0.3 is 19.9 Å². The third-order valence-electron chi connectivity index (χ3n) is 9.05. The highest BCUT2D eigenvalue weighted by atomic mass is 16.5. The lowest BCUT2D eigenvalue weighted by Gasteiger charge is -2.53. The van der Waals surface area contributed by atoms with E-state index in [2.05, 4.69) is 66.2 Å². The Morgan fingerprint density at radius 2 is 1.89 bits per heavy atom. The molecule has 2 aliphatic heterocycles. The lowest BCUT2D eigenvalue weighted by Crippen LogP contribution is -2.64. The molecule has 7 nitrogen and oxygen atoms in total. The second-order valence-electron chi connectivity index (χ2n) is 11.5. The van der Waals surface area contributed by atoms with Crippen molar-refractivity contribution >= 4 is 34.0 Å². The summed E-state index contributed by atoms with van der Waals surface area (Å²) in [6, 6.07) is 8.45. The molecule has 1 aromatic heterocycles. The van der Waals surface area contributed by atoms with E-state index in [1.165, 1.54) is 16.7 Å². The molecule has 1 amide bonds. The SMILES string of the molecule is CCCc1c(CC)ccc(Nc2ncnc3cc(OC)c(N4CC5(CN(C)C5)C5CC5C4=O)cc23)c1CC. The van der Waals surface area contributed by atoms with Crippen molar-refractivity contribution in [3.8, 4) is 5.75 Å². The summed E-state index contributed by atoms with van der Waals surface area (Å²) in [4.78, 5) is 27.1. The number of benzene rings is 2. The van der Waals surface area contributed by atoms with E-state index in [0.717, 1.165) is 79.8 Å². The number of hydrogen-bond donors (Lipinski definition) is 1. The number of rotatable bonds is 8. The molecule has 2 aromatic carbocycles. The minimum Gasteiger partial charge on any atom is -0.494 e. The fraction of sp³-hybridized carbons (Fsp3) is 0.516. The number of nitrogens with zero attached hydrogens (tertiary/aromatic N) is 4. The van der Waals surface area contributed by atoms with Crippen LogP contribution in [0.2, 0.25) is 0 Å². The summed E-state index contributed by atoms with van der Waals surface area (Å²) >= 11 is 0. The number of nitrogens with one attached hydrogen (secondary N) is 1. The smallest absolute Gasteiger partial charge is 0.230 e. The van der Waals surface area contributed by atoms with Crippen LogP contribution in [-0.2, 0) is 24.1 Å². The highest BCUT2D eigenvalue weighted by molar-refractivity contribution is 6.03. The molecular weight excluding hydrogens is 474 g/mol. The maximum absolute atomic E-state index is 13.5. The number of methoxy groups -OCH3 is 1. The zero-order valence-corrected chi connectivity index (χ0v) is 23.3. The summed E-state index contributed by atoms with van der Waals surface area (Å²) in [5, 5.41) is 4.55. The summed E-state index contributed by atoms with van der Waals surface area (Å²) in [6.07, 6.45) is 6.79. The van der Waals surface area contributed by atoms with Crippen molar-refractivity contribution in [3.05, 3.63) is 47.3 Å².